The van der Waals surface area contributed by atoms with Crippen LogP contribution in [0.15, 0.2) is 12.3 Å². The van der Waals surface area contributed by atoms with E-state index in [4.69, 9.17) is 9.47 Å². The summed E-state index contributed by atoms with van der Waals surface area (Å²) in [5.74, 6) is 0.440. The van der Waals surface area contributed by atoms with Gasteiger partial charge in [0.2, 0.25) is 6.29 Å². The van der Waals surface area contributed by atoms with E-state index in [1.165, 1.54) is 0 Å². The normalized spacial score (nSPS) is 42.0. The Kier molecular flexibility index (Phi) is 0.815. The van der Waals surface area contributed by atoms with Crippen molar-refractivity contribution in [3.63, 3.8) is 0 Å². The summed E-state index contributed by atoms with van der Waals surface area (Å²) in [6.07, 6.45) is 4.53. The van der Waals surface area contributed by atoms with Gasteiger partial charge in [0.15, 0.2) is 0 Å². The fourth-order valence-electron chi connectivity index (χ4n) is 0.921. The lowest BCUT2D eigenvalue weighted by atomic mass is 10.1. The summed E-state index contributed by atoms with van der Waals surface area (Å²) in [7, 11) is 0. The molecule has 2 heterocycles. The maximum Gasteiger partial charge on any atom is 0.206 e. The zero-order valence-electron chi connectivity index (χ0n) is 4.33. The Labute approximate surface area is 48.1 Å². The van der Waals surface area contributed by atoms with Gasteiger partial charge < -0.3 is 9.47 Å². The van der Waals surface area contributed by atoms with Crippen LogP contribution in [0.2, 0.25) is 0 Å². The van der Waals surface area contributed by atoms with Crippen LogP contribution in [0.5, 0.6) is 0 Å². The summed E-state index contributed by atoms with van der Waals surface area (Å²) in [6.45, 7) is 2.75. The Morgan fingerprint density at radius 1 is 1.62 bits per heavy atom. The molecule has 0 aliphatic carbocycles. The van der Waals surface area contributed by atoms with Crippen LogP contribution in [0.3, 0.4) is 0 Å². The Morgan fingerprint density at radius 2 is 2.62 bits per heavy atom. The molecule has 1 saturated heterocycles. The molecule has 2 atom stereocenters. The van der Waals surface area contributed by atoms with Crippen LogP contribution >= 0.6 is 0 Å². The van der Waals surface area contributed by atoms with Crippen molar-refractivity contribution < 1.29 is 9.47 Å². The predicted octanol–water partition coefficient (Wildman–Crippen LogP) is 0.932. The summed E-state index contributed by atoms with van der Waals surface area (Å²) in [5.41, 5.74) is 0. The van der Waals surface area contributed by atoms with E-state index in [0.717, 1.165) is 6.42 Å². The van der Waals surface area contributed by atoms with Crippen molar-refractivity contribution >= 4 is 0 Å². The SMILES string of the molecule is [C]1CC2C=COC2O1. The van der Waals surface area contributed by atoms with Gasteiger partial charge in [0, 0.05) is 5.92 Å². The maximum atomic E-state index is 5.01. The molecule has 0 aromatic carbocycles. The standard InChI is InChI=1S/C6H6O2/c1-3-7-6-5(1)2-4-8-6/h1,3,5-6H,2H2. The molecule has 1 fully saturated rings. The topological polar surface area (TPSA) is 18.5 Å². The Bertz CT molecular complexity index is 120. The first-order chi connectivity index (χ1) is 3.97. The smallest absolute Gasteiger partial charge is 0.206 e. The molecule has 0 amide bonds. The predicted molar refractivity (Wildman–Crippen MR) is 26.4 cm³/mol. The first-order valence-electron chi connectivity index (χ1n) is 2.67. The molecule has 2 unspecified atom stereocenters. The van der Waals surface area contributed by atoms with Gasteiger partial charge in [0.25, 0.3) is 0 Å². The molecule has 0 N–H and O–H groups in total. The number of hydrogen-bond donors (Lipinski definition) is 0. The van der Waals surface area contributed by atoms with Crippen molar-refractivity contribution in [2.75, 3.05) is 0 Å². The van der Waals surface area contributed by atoms with Gasteiger partial charge >= 0.3 is 0 Å². The zero-order valence-corrected chi connectivity index (χ0v) is 4.33. The van der Waals surface area contributed by atoms with Gasteiger partial charge in [-0.05, 0) is 12.5 Å². The van der Waals surface area contributed by atoms with Crippen molar-refractivity contribution in [1.29, 1.82) is 0 Å². The van der Waals surface area contributed by atoms with Crippen molar-refractivity contribution in [2.45, 2.75) is 12.7 Å². The van der Waals surface area contributed by atoms with Gasteiger partial charge in [-0.25, -0.2) is 0 Å². The third-order valence-corrected chi connectivity index (χ3v) is 1.41. The molecule has 2 aliphatic rings. The minimum Gasteiger partial charge on any atom is -0.472 e. The Morgan fingerprint density at radius 3 is 3.50 bits per heavy atom. The molecule has 8 heavy (non-hydrogen) atoms. The molecule has 0 bridgehead atoms. The highest BCUT2D eigenvalue weighted by molar-refractivity contribution is 4.97. The lowest BCUT2D eigenvalue weighted by Gasteiger charge is -2.04. The number of fused-ring (bicyclic) bond motifs is 1. The molecule has 2 aliphatic heterocycles. The van der Waals surface area contributed by atoms with E-state index in [2.05, 4.69) is 6.61 Å². The number of ether oxygens (including phenoxy) is 2. The molecular formula is C6H6O2. The second-order valence-corrected chi connectivity index (χ2v) is 1.96. The molecule has 42 valence electrons. The van der Waals surface area contributed by atoms with E-state index in [-0.39, 0.29) is 6.29 Å². The average Bonchev–Trinajstić information content (AvgIpc) is 2.15. The van der Waals surface area contributed by atoms with E-state index < -0.39 is 0 Å². The van der Waals surface area contributed by atoms with Crippen LogP contribution in [0.4, 0.5) is 0 Å². The second-order valence-electron chi connectivity index (χ2n) is 1.96. The summed E-state index contributed by atoms with van der Waals surface area (Å²) >= 11 is 0. The third kappa shape index (κ3) is 0.464. The number of rotatable bonds is 0. The quantitative estimate of drug-likeness (QED) is 0.462. The van der Waals surface area contributed by atoms with Gasteiger partial charge in [-0.2, -0.15) is 0 Å². The van der Waals surface area contributed by atoms with Gasteiger partial charge in [0.05, 0.1) is 6.26 Å². The molecule has 0 aromatic rings. The van der Waals surface area contributed by atoms with Crippen LogP contribution < -0.4 is 0 Å². The molecule has 0 saturated carbocycles. The van der Waals surface area contributed by atoms with Crippen LogP contribution in [-0.4, -0.2) is 6.29 Å². The average molecular weight is 110 g/mol. The fraction of sp³-hybridized carbons (Fsp3) is 0.500. The van der Waals surface area contributed by atoms with E-state index in [0.29, 0.717) is 5.92 Å². The summed E-state index contributed by atoms with van der Waals surface area (Å²) in [5, 5.41) is 0. The Hall–Kier alpha value is -0.500. The molecule has 2 radical (unpaired) electrons. The van der Waals surface area contributed by atoms with E-state index in [9.17, 15) is 0 Å². The van der Waals surface area contributed by atoms with Crippen molar-refractivity contribution in [3.05, 3.63) is 18.9 Å². The first-order valence-corrected chi connectivity index (χ1v) is 2.67. The molecular weight excluding hydrogens is 104 g/mol. The maximum absolute atomic E-state index is 5.01. The second kappa shape index (κ2) is 1.49. The van der Waals surface area contributed by atoms with Crippen molar-refractivity contribution in [1.82, 2.24) is 0 Å². The van der Waals surface area contributed by atoms with E-state index in [1.807, 2.05) is 6.08 Å². The minimum atomic E-state index is -0.0463. The summed E-state index contributed by atoms with van der Waals surface area (Å²) in [4.78, 5) is 0. The summed E-state index contributed by atoms with van der Waals surface area (Å²) < 4.78 is 9.95. The van der Waals surface area contributed by atoms with Crippen LogP contribution in [0, 0.1) is 12.5 Å². The molecule has 2 nitrogen and oxygen atoms in total. The molecule has 0 aromatic heterocycles. The molecule has 2 rings (SSSR count). The van der Waals surface area contributed by atoms with Crippen LogP contribution in [0.25, 0.3) is 0 Å². The lowest BCUT2D eigenvalue weighted by Crippen LogP contribution is -2.09. The monoisotopic (exact) mass is 110 g/mol. The van der Waals surface area contributed by atoms with Gasteiger partial charge in [-0.1, -0.05) is 0 Å². The first kappa shape index (κ1) is 4.39. The Balaban J connectivity index is 2.13. The minimum absolute atomic E-state index is 0.0463. The van der Waals surface area contributed by atoms with Crippen LogP contribution in [-0.2, 0) is 9.47 Å². The molecule has 2 heteroatoms. The van der Waals surface area contributed by atoms with Crippen molar-refractivity contribution in [2.24, 2.45) is 5.92 Å². The number of hydrogen-bond acceptors (Lipinski definition) is 2. The lowest BCUT2D eigenvalue weighted by molar-refractivity contribution is -0.0507. The fourth-order valence-corrected chi connectivity index (χ4v) is 0.921. The van der Waals surface area contributed by atoms with E-state index >= 15 is 0 Å². The highest BCUT2D eigenvalue weighted by atomic mass is 16.7. The largest absolute Gasteiger partial charge is 0.472 e. The van der Waals surface area contributed by atoms with Crippen molar-refractivity contribution in [3.8, 4) is 0 Å². The van der Waals surface area contributed by atoms with Gasteiger partial charge in [-0.3, -0.25) is 0 Å². The summed E-state index contributed by atoms with van der Waals surface area (Å²) in [6, 6.07) is 0. The zero-order chi connectivity index (χ0) is 5.40. The molecule has 0 spiro atoms. The van der Waals surface area contributed by atoms with Crippen LogP contribution in [0.1, 0.15) is 6.42 Å². The van der Waals surface area contributed by atoms with E-state index in [1.54, 1.807) is 6.26 Å². The van der Waals surface area contributed by atoms with Gasteiger partial charge in [0.1, 0.15) is 6.61 Å². The third-order valence-electron chi connectivity index (χ3n) is 1.41. The highest BCUT2D eigenvalue weighted by Gasteiger charge is 2.31. The highest BCUT2D eigenvalue weighted by Crippen LogP contribution is 2.29. The van der Waals surface area contributed by atoms with Gasteiger partial charge in [-0.15, -0.1) is 0 Å².